The molecule has 0 saturated heterocycles. The quantitative estimate of drug-likeness (QED) is 0.419. The Morgan fingerprint density at radius 2 is 1.81 bits per heavy atom. The summed E-state index contributed by atoms with van der Waals surface area (Å²) in [6.45, 7) is 1.55. The Morgan fingerprint density at radius 1 is 1.12 bits per heavy atom. The number of rotatable bonds is 6. The number of carbonyl (C=O) groups is 2. The van der Waals surface area contributed by atoms with Crippen LogP contribution in [0.25, 0.3) is 0 Å². The number of nitrogens with one attached hydrogen (secondary N) is 3. The Balaban J connectivity index is 2.03. The molecule has 2 aromatic carbocycles. The normalized spacial score (nSPS) is 15.5. The van der Waals surface area contributed by atoms with Crippen molar-refractivity contribution < 1.29 is 24.0 Å². The van der Waals surface area contributed by atoms with Crippen LogP contribution in [0.4, 0.5) is 16.2 Å². The third-order valence-electron chi connectivity index (χ3n) is 4.74. The number of nitro groups is 1. The van der Waals surface area contributed by atoms with Crippen LogP contribution in [0, 0.1) is 10.1 Å². The molecule has 0 radical (unpaired) electrons. The first-order chi connectivity index (χ1) is 15.2. The van der Waals surface area contributed by atoms with Crippen molar-refractivity contribution in [3.8, 4) is 11.5 Å². The van der Waals surface area contributed by atoms with E-state index < -0.39 is 22.9 Å². The van der Waals surface area contributed by atoms with E-state index in [0.717, 1.165) is 0 Å². The molecule has 0 aromatic heterocycles. The average molecular weight is 481 g/mol. The smallest absolute Gasteiger partial charge is 0.319 e. The first-order valence-electron chi connectivity index (χ1n) is 9.11. The molecule has 1 heterocycles. The van der Waals surface area contributed by atoms with Crippen molar-refractivity contribution in [2.75, 3.05) is 19.5 Å². The van der Waals surface area contributed by atoms with E-state index in [0.29, 0.717) is 11.3 Å². The van der Waals surface area contributed by atoms with Crippen molar-refractivity contribution >= 4 is 46.5 Å². The standard InChI is InChI=1S/C20H18Cl2N4O6/c1-9-17(19(27)24-13-8-15(31-2)12(22)7-16(13)32-3)18(25-20(28)23-9)10-4-5-11(21)14(6-10)26(29)30/h4-8,18H,1-3H3,(H,24,27)(H2,23,25,28)/t18-/m1/s1. The van der Waals surface area contributed by atoms with Gasteiger partial charge in [0.05, 0.1) is 41.5 Å². The number of nitro benzene ring substituents is 1. The number of nitrogens with zero attached hydrogens (tertiary/aromatic N) is 1. The lowest BCUT2D eigenvalue weighted by Gasteiger charge is -2.28. The van der Waals surface area contributed by atoms with Gasteiger partial charge in [-0.3, -0.25) is 14.9 Å². The molecule has 3 amide bonds. The molecule has 32 heavy (non-hydrogen) atoms. The summed E-state index contributed by atoms with van der Waals surface area (Å²) in [6, 6.07) is 5.49. The SMILES string of the molecule is COc1cc(NC(=O)C2=C(C)NC(=O)N[C@@H]2c2ccc(Cl)c([N+](=O)[O-])c2)c(OC)cc1Cl. The number of anilines is 1. The third kappa shape index (κ3) is 4.56. The van der Waals surface area contributed by atoms with Gasteiger partial charge in [0, 0.05) is 23.9 Å². The zero-order valence-electron chi connectivity index (χ0n) is 17.1. The third-order valence-corrected chi connectivity index (χ3v) is 5.35. The van der Waals surface area contributed by atoms with Gasteiger partial charge in [0.1, 0.15) is 16.5 Å². The van der Waals surface area contributed by atoms with Gasteiger partial charge in [0.2, 0.25) is 0 Å². The monoisotopic (exact) mass is 480 g/mol. The van der Waals surface area contributed by atoms with Crippen molar-refractivity contribution in [1.82, 2.24) is 10.6 Å². The Bertz CT molecular complexity index is 1150. The molecule has 0 spiro atoms. The van der Waals surface area contributed by atoms with E-state index in [1.54, 1.807) is 6.92 Å². The molecule has 0 fully saturated rings. The molecule has 3 rings (SSSR count). The van der Waals surface area contributed by atoms with E-state index in [1.807, 2.05) is 0 Å². The number of benzene rings is 2. The molecular formula is C20H18Cl2N4O6. The fourth-order valence-corrected chi connectivity index (χ4v) is 3.66. The average Bonchev–Trinajstić information content (AvgIpc) is 2.74. The Labute approximate surface area is 192 Å². The maximum absolute atomic E-state index is 13.3. The molecule has 0 aliphatic carbocycles. The van der Waals surface area contributed by atoms with E-state index in [9.17, 15) is 19.7 Å². The number of ether oxygens (including phenoxy) is 2. The number of amides is 3. The molecule has 0 unspecified atom stereocenters. The van der Waals surface area contributed by atoms with Crippen LogP contribution in [0.15, 0.2) is 41.6 Å². The molecule has 2 aromatic rings. The van der Waals surface area contributed by atoms with Crippen LogP contribution in [-0.4, -0.2) is 31.1 Å². The topological polar surface area (TPSA) is 132 Å². The second-order valence-electron chi connectivity index (χ2n) is 6.68. The summed E-state index contributed by atoms with van der Waals surface area (Å²) in [6.07, 6.45) is 0. The van der Waals surface area contributed by atoms with Crippen molar-refractivity contribution in [1.29, 1.82) is 0 Å². The van der Waals surface area contributed by atoms with Gasteiger partial charge in [0.25, 0.3) is 11.6 Å². The molecule has 1 atom stereocenters. The van der Waals surface area contributed by atoms with Crippen LogP contribution in [0.5, 0.6) is 11.5 Å². The summed E-state index contributed by atoms with van der Waals surface area (Å²) in [7, 11) is 2.84. The Morgan fingerprint density at radius 3 is 2.44 bits per heavy atom. The van der Waals surface area contributed by atoms with Crippen molar-refractivity contribution in [3.63, 3.8) is 0 Å². The van der Waals surface area contributed by atoms with Gasteiger partial charge in [-0.1, -0.05) is 29.3 Å². The summed E-state index contributed by atoms with van der Waals surface area (Å²) in [4.78, 5) is 36.0. The highest BCUT2D eigenvalue weighted by Crippen LogP contribution is 2.37. The zero-order valence-corrected chi connectivity index (χ0v) is 18.6. The highest BCUT2D eigenvalue weighted by molar-refractivity contribution is 6.33. The molecule has 1 aliphatic rings. The van der Waals surface area contributed by atoms with Gasteiger partial charge in [-0.05, 0) is 18.6 Å². The molecule has 10 nitrogen and oxygen atoms in total. The van der Waals surface area contributed by atoms with Crippen molar-refractivity contribution in [3.05, 3.63) is 67.3 Å². The van der Waals surface area contributed by atoms with Gasteiger partial charge >= 0.3 is 6.03 Å². The Hall–Kier alpha value is -3.50. The largest absolute Gasteiger partial charge is 0.495 e. The van der Waals surface area contributed by atoms with Gasteiger partial charge < -0.3 is 25.4 Å². The summed E-state index contributed by atoms with van der Waals surface area (Å²) in [5.41, 5.74) is 0.641. The van der Waals surface area contributed by atoms with E-state index in [4.69, 9.17) is 32.7 Å². The van der Waals surface area contributed by atoms with Gasteiger partial charge in [-0.25, -0.2) is 4.79 Å². The minimum absolute atomic E-state index is 0.0660. The number of allylic oxidation sites excluding steroid dienone is 1. The number of hydrogen-bond donors (Lipinski definition) is 3. The van der Waals surface area contributed by atoms with Crippen LogP contribution in [0.3, 0.4) is 0 Å². The minimum atomic E-state index is -0.972. The van der Waals surface area contributed by atoms with Crippen molar-refractivity contribution in [2.45, 2.75) is 13.0 Å². The first kappa shape index (κ1) is 23.2. The number of methoxy groups -OCH3 is 2. The summed E-state index contributed by atoms with van der Waals surface area (Å²) in [5.74, 6) is 0.0163. The summed E-state index contributed by atoms with van der Waals surface area (Å²) >= 11 is 12.0. The van der Waals surface area contributed by atoms with Crippen LogP contribution < -0.4 is 25.4 Å². The molecule has 1 aliphatic heterocycles. The number of carbonyl (C=O) groups excluding carboxylic acids is 2. The maximum Gasteiger partial charge on any atom is 0.319 e. The van der Waals surface area contributed by atoms with E-state index in [1.165, 1.54) is 44.6 Å². The van der Waals surface area contributed by atoms with Crippen LogP contribution in [0.1, 0.15) is 18.5 Å². The van der Waals surface area contributed by atoms with Gasteiger partial charge in [-0.2, -0.15) is 0 Å². The van der Waals surface area contributed by atoms with Crippen LogP contribution in [-0.2, 0) is 4.79 Å². The predicted octanol–water partition coefficient (Wildman–Crippen LogP) is 4.19. The lowest BCUT2D eigenvalue weighted by Crippen LogP contribution is -2.46. The molecule has 168 valence electrons. The number of hydrogen-bond acceptors (Lipinski definition) is 6. The second-order valence-corrected chi connectivity index (χ2v) is 7.49. The lowest BCUT2D eigenvalue weighted by molar-refractivity contribution is -0.384. The number of urea groups is 1. The maximum atomic E-state index is 13.3. The first-order valence-corrected chi connectivity index (χ1v) is 9.86. The fourth-order valence-electron chi connectivity index (χ4n) is 3.24. The number of halogens is 2. The highest BCUT2D eigenvalue weighted by atomic mass is 35.5. The zero-order chi connectivity index (χ0) is 23.6. The summed E-state index contributed by atoms with van der Waals surface area (Å²) in [5, 5.41) is 19.4. The minimum Gasteiger partial charge on any atom is -0.495 e. The van der Waals surface area contributed by atoms with Gasteiger partial charge in [0.15, 0.2) is 0 Å². The molecule has 12 heteroatoms. The van der Waals surface area contributed by atoms with E-state index >= 15 is 0 Å². The molecule has 0 bridgehead atoms. The highest BCUT2D eigenvalue weighted by Gasteiger charge is 2.33. The van der Waals surface area contributed by atoms with E-state index in [2.05, 4.69) is 16.0 Å². The van der Waals surface area contributed by atoms with Crippen LogP contribution >= 0.6 is 23.2 Å². The molecular weight excluding hydrogens is 463 g/mol. The van der Waals surface area contributed by atoms with E-state index in [-0.39, 0.29) is 38.4 Å². The molecule has 3 N–H and O–H groups in total. The Kier molecular flexibility index (Phi) is 6.75. The van der Waals surface area contributed by atoms with Crippen molar-refractivity contribution in [2.24, 2.45) is 0 Å². The van der Waals surface area contributed by atoms with Gasteiger partial charge in [-0.15, -0.1) is 0 Å². The molecule has 0 saturated carbocycles. The predicted molar refractivity (Wildman–Crippen MR) is 118 cm³/mol. The van der Waals surface area contributed by atoms with Crippen LogP contribution in [0.2, 0.25) is 10.0 Å². The second kappa shape index (κ2) is 9.33. The fraction of sp³-hybridized carbons (Fsp3) is 0.200. The lowest BCUT2D eigenvalue weighted by atomic mass is 9.94. The summed E-state index contributed by atoms with van der Waals surface area (Å²) < 4.78 is 10.5.